The second-order valence-corrected chi connectivity index (χ2v) is 8.16. The third-order valence-corrected chi connectivity index (χ3v) is 5.69. The topological polar surface area (TPSA) is 57.2 Å². The highest BCUT2D eigenvalue weighted by Crippen LogP contribution is 2.32. The van der Waals surface area contributed by atoms with Crippen LogP contribution in [0.25, 0.3) is 6.08 Å². The Morgan fingerprint density at radius 2 is 1.28 bits per heavy atom. The van der Waals surface area contributed by atoms with Crippen molar-refractivity contribution in [2.24, 2.45) is 0 Å². The number of hydrogen-bond acceptors (Lipinski definition) is 5. The molecule has 0 spiro atoms. The standard InChI is InChI=1S/C31H30O5/c1-33-26-16-17-28(31(19-26)34-2)29(32)18-14-25-13-15-27(35-21-23-9-5-3-6-10-23)20-30(25)36-22-24-11-7-4-8-12-24/h3-20,29,32H,21-22H2,1-2H3. The zero-order valence-corrected chi connectivity index (χ0v) is 20.5. The fraction of sp³-hybridized carbons (Fsp3) is 0.161. The minimum atomic E-state index is -0.873. The Balaban J connectivity index is 1.55. The van der Waals surface area contributed by atoms with Gasteiger partial charge in [0, 0.05) is 23.3 Å². The van der Waals surface area contributed by atoms with Gasteiger partial charge < -0.3 is 24.1 Å². The first-order valence-corrected chi connectivity index (χ1v) is 11.7. The predicted octanol–water partition coefficient (Wildman–Crippen LogP) is 6.61. The molecular weight excluding hydrogens is 452 g/mol. The second-order valence-electron chi connectivity index (χ2n) is 8.16. The Hall–Kier alpha value is -4.22. The Kier molecular flexibility index (Phi) is 8.62. The molecule has 0 saturated carbocycles. The fourth-order valence-electron chi connectivity index (χ4n) is 3.70. The highest BCUT2D eigenvalue weighted by atomic mass is 16.5. The van der Waals surface area contributed by atoms with E-state index in [4.69, 9.17) is 18.9 Å². The minimum absolute atomic E-state index is 0.415. The molecule has 5 nitrogen and oxygen atoms in total. The van der Waals surface area contributed by atoms with Crippen LogP contribution in [0.1, 0.15) is 28.4 Å². The summed E-state index contributed by atoms with van der Waals surface area (Å²) in [7, 11) is 3.16. The van der Waals surface area contributed by atoms with Crippen LogP contribution in [0.15, 0.2) is 103 Å². The molecule has 5 heteroatoms. The van der Waals surface area contributed by atoms with Gasteiger partial charge in [-0.05, 0) is 35.4 Å². The maximum absolute atomic E-state index is 10.8. The maximum Gasteiger partial charge on any atom is 0.130 e. The van der Waals surface area contributed by atoms with Crippen LogP contribution in [0.5, 0.6) is 23.0 Å². The third kappa shape index (κ3) is 6.68. The van der Waals surface area contributed by atoms with E-state index in [0.29, 0.717) is 41.8 Å². The molecule has 0 aliphatic rings. The molecule has 0 saturated heterocycles. The molecule has 0 heterocycles. The third-order valence-electron chi connectivity index (χ3n) is 5.69. The van der Waals surface area contributed by atoms with Crippen molar-refractivity contribution in [2.45, 2.75) is 19.3 Å². The zero-order valence-electron chi connectivity index (χ0n) is 20.5. The molecule has 0 bridgehead atoms. The lowest BCUT2D eigenvalue weighted by Gasteiger charge is -2.14. The molecule has 1 atom stereocenters. The van der Waals surface area contributed by atoms with Crippen molar-refractivity contribution in [3.8, 4) is 23.0 Å². The molecule has 36 heavy (non-hydrogen) atoms. The van der Waals surface area contributed by atoms with Gasteiger partial charge in [0.1, 0.15) is 42.3 Å². The molecule has 0 aromatic heterocycles. The summed E-state index contributed by atoms with van der Waals surface area (Å²) in [6.45, 7) is 0.878. The van der Waals surface area contributed by atoms with E-state index < -0.39 is 6.10 Å². The van der Waals surface area contributed by atoms with E-state index in [0.717, 1.165) is 16.7 Å². The van der Waals surface area contributed by atoms with Gasteiger partial charge in [0.05, 0.1) is 14.2 Å². The van der Waals surface area contributed by atoms with Crippen molar-refractivity contribution >= 4 is 6.08 Å². The Morgan fingerprint density at radius 3 is 1.92 bits per heavy atom. The summed E-state index contributed by atoms with van der Waals surface area (Å²) in [5, 5.41) is 10.8. The first kappa shape index (κ1) is 24.9. The molecule has 4 aromatic rings. The fourth-order valence-corrected chi connectivity index (χ4v) is 3.70. The summed E-state index contributed by atoms with van der Waals surface area (Å²) < 4.78 is 22.9. The number of hydrogen-bond donors (Lipinski definition) is 1. The van der Waals surface area contributed by atoms with E-state index in [1.54, 1.807) is 38.5 Å². The van der Waals surface area contributed by atoms with Crippen molar-refractivity contribution in [3.63, 3.8) is 0 Å². The molecule has 184 valence electrons. The Morgan fingerprint density at radius 1 is 0.667 bits per heavy atom. The van der Waals surface area contributed by atoms with Crippen LogP contribution >= 0.6 is 0 Å². The molecule has 4 aromatic carbocycles. The maximum atomic E-state index is 10.8. The highest BCUT2D eigenvalue weighted by Gasteiger charge is 2.13. The molecule has 0 aliphatic heterocycles. The first-order valence-electron chi connectivity index (χ1n) is 11.7. The molecule has 0 fully saturated rings. The van der Waals surface area contributed by atoms with Crippen molar-refractivity contribution in [1.29, 1.82) is 0 Å². The van der Waals surface area contributed by atoms with Gasteiger partial charge in [0.2, 0.25) is 0 Å². The van der Waals surface area contributed by atoms with Gasteiger partial charge in [-0.2, -0.15) is 0 Å². The number of methoxy groups -OCH3 is 2. The molecule has 0 amide bonds. The summed E-state index contributed by atoms with van der Waals surface area (Å²) >= 11 is 0. The Bertz CT molecular complexity index is 1270. The lowest BCUT2D eigenvalue weighted by atomic mass is 10.1. The molecular formula is C31H30O5. The summed E-state index contributed by atoms with van der Waals surface area (Å²) in [6, 6.07) is 31.0. The normalized spacial score (nSPS) is 11.8. The number of aliphatic hydroxyl groups is 1. The minimum Gasteiger partial charge on any atom is -0.497 e. The van der Waals surface area contributed by atoms with Gasteiger partial charge in [0.15, 0.2) is 0 Å². The van der Waals surface area contributed by atoms with Crippen LogP contribution < -0.4 is 18.9 Å². The van der Waals surface area contributed by atoms with Gasteiger partial charge in [-0.3, -0.25) is 0 Å². The number of rotatable bonds is 11. The summed E-state index contributed by atoms with van der Waals surface area (Å²) in [5.41, 5.74) is 3.62. The van der Waals surface area contributed by atoms with E-state index in [-0.39, 0.29) is 0 Å². The lowest BCUT2D eigenvalue weighted by Crippen LogP contribution is -2.00. The predicted molar refractivity (Wildman–Crippen MR) is 142 cm³/mol. The van der Waals surface area contributed by atoms with Gasteiger partial charge >= 0.3 is 0 Å². The van der Waals surface area contributed by atoms with E-state index in [2.05, 4.69) is 0 Å². The van der Waals surface area contributed by atoms with Crippen molar-refractivity contribution in [2.75, 3.05) is 14.2 Å². The number of benzene rings is 4. The van der Waals surface area contributed by atoms with E-state index in [1.165, 1.54) is 0 Å². The number of aliphatic hydroxyl groups excluding tert-OH is 1. The smallest absolute Gasteiger partial charge is 0.130 e. The largest absolute Gasteiger partial charge is 0.497 e. The van der Waals surface area contributed by atoms with Crippen LogP contribution in [0, 0.1) is 0 Å². The quantitative estimate of drug-likeness (QED) is 0.261. The summed E-state index contributed by atoms with van der Waals surface area (Å²) in [4.78, 5) is 0. The average Bonchev–Trinajstić information content (AvgIpc) is 2.94. The van der Waals surface area contributed by atoms with Crippen molar-refractivity contribution in [3.05, 3.63) is 125 Å². The van der Waals surface area contributed by atoms with Crippen LogP contribution in [-0.2, 0) is 13.2 Å². The zero-order chi connectivity index (χ0) is 25.2. The van der Waals surface area contributed by atoms with E-state index in [9.17, 15) is 5.11 Å². The summed E-state index contributed by atoms with van der Waals surface area (Å²) in [5.74, 6) is 2.58. The molecule has 1 N–H and O–H groups in total. The van der Waals surface area contributed by atoms with Crippen molar-refractivity contribution < 1.29 is 24.1 Å². The van der Waals surface area contributed by atoms with Crippen LogP contribution in [0.4, 0.5) is 0 Å². The second kappa shape index (κ2) is 12.5. The highest BCUT2D eigenvalue weighted by molar-refractivity contribution is 5.60. The van der Waals surface area contributed by atoms with Crippen LogP contribution in [0.3, 0.4) is 0 Å². The SMILES string of the molecule is COc1ccc(C(O)C=Cc2ccc(OCc3ccccc3)cc2OCc2ccccc2)c(OC)c1. The van der Waals surface area contributed by atoms with Gasteiger partial charge in [-0.15, -0.1) is 0 Å². The Labute approximate surface area is 212 Å². The molecule has 4 rings (SSSR count). The van der Waals surface area contributed by atoms with Crippen LogP contribution in [0.2, 0.25) is 0 Å². The van der Waals surface area contributed by atoms with E-state index in [1.807, 2.05) is 84.9 Å². The van der Waals surface area contributed by atoms with Crippen LogP contribution in [-0.4, -0.2) is 19.3 Å². The lowest BCUT2D eigenvalue weighted by molar-refractivity contribution is 0.223. The van der Waals surface area contributed by atoms with Gasteiger partial charge in [-0.1, -0.05) is 72.8 Å². The summed E-state index contributed by atoms with van der Waals surface area (Å²) in [6.07, 6.45) is 2.68. The van der Waals surface area contributed by atoms with E-state index >= 15 is 0 Å². The van der Waals surface area contributed by atoms with Gasteiger partial charge in [0.25, 0.3) is 0 Å². The van der Waals surface area contributed by atoms with Gasteiger partial charge in [-0.25, -0.2) is 0 Å². The number of ether oxygens (including phenoxy) is 4. The average molecular weight is 483 g/mol. The first-order chi connectivity index (χ1) is 17.7. The molecule has 1 unspecified atom stereocenters. The molecule has 0 aliphatic carbocycles. The molecule has 0 radical (unpaired) electrons. The monoisotopic (exact) mass is 482 g/mol. The van der Waals surface area contributed by atoms with Crippen molar-refractivity contribution in [1.82, 2.24) is 0 Å².